The van der Waals surface area contributed by atoms with Crippen molar-refractivity contribution >= 4 is 51.1 Å². The van der Waals surface area contributed by atoms with Crippen molar-refractivity contribution in [3.63, 3.8) is 0 Å². The molecule has 1 aliphatic heterocycles. The summed E-state index contributed by atoms with van der Waals surface area (Å²) >= 11 is 9.47. The van der Waals surface area contributed by atoms with Crippen LogP contribution in [-0.2, 0) is 17.9 Å². The maximum absolute atomic E-state index is 13.4. The average molecular weight is 485 g/mol. The van der Waals surface area contributed by atoms with E-state index in [0.717, 1.165) is 53.4 Å². The van der Waals surface area contributed by atoms with Gasteiger partial charge in [-0.1, -0.05) is 24.9 Å². The van der Waals surface area contributed by atoms with E-state index >= 15 is 0 Å². The number of nitrogens with zero attached hydrogens (tertiary/aromatic N) is 3. The molecular weight excluding hydrogens is 460 g/mol. The Morgan fingerprint density at radius 2 is 2.12 bits per heavy atom. The highest BCUT2D eigenvalue weighted by atomic mass is 35.5. The second kappa shape index (κ2) is 9.35. The van der Waals surface area contributed by atoms with Crippen molar-refractivity contribution in [2.45, 2.75) is 38.9 Å². The van der Waals surface area contributed by atoms with Crippen molar-refractivity contribution in [2.75, 3.05) is 13.1 Å². The summed E-state index contributed by atoms with van der Waals surface area (Å²) < 4.78 is 0.809. The molecule has 0 aromatic carbocycles. The minimum atomic E-state index is -0.0680. The quantitative estimate of drug-likeness (QED) is 0.349. The van der Waals surface area contributed by atoms with Gasteiger partial charge < -0.3 is 9.88 Å². The lowest BCUT2D eigenvalue weighted by Crippen LogP contribution is -2.56. The van der Waals surface area contributed by atoms with Crippen molar-refractivity contribution in [1.29, 1.82) is 0 Å². The van der Waals surface area contributed by atoms with Gasteiger partial charge in [0.2, 0.25) is 5.91 Å². The Labute approximate surface area is 200 Å². The average Bonchev–Trinajstić information content (AvgIpc) is 3.52. The normalized spacial score (nSPS) is 17.5. The topological polar surface area (TPSA) is 52.2 Å². The van der Waals surface area contributed by atoms with Gasteiger partial charge in [-0.05, 0) is 42.1 Å². The Balaban J connectivity index is 1.29. The number of nitrogens with one attached hydrogen (secondary N) is 1. The van der Waals surface area contributed by atoms with Crippen LogP contribution in [0.1, 0.15) is 30.3 Å². The van der Waals surface area contributed by atoms with Gasteiger partial charge in [0.25, 0.3) is 0 Å². The van der Waals surface area contributed by atoms with E-state index in [2.05, 4.69) is 45.4 Å². The third-order valence-corrected chi connectivity index (χ3v) is 8.17. The zero-order valence-electron chi connectivity index (χ0n) is 17.9. The standard InChI is InChI=1S/C24H25ClN4OS2/c1-2-3-21-24(30)29(13-18-10-16-12-26-7-6-20(16)27-18)9-8-28(21)14-19-11-17(15-31-19)22-4-5-23(25)32-22/h4-7,10-12,15,21,27H,2-3,8-9,13-14H2,1H3/t21-/m0/s1. The number of aromatic amines is 1. The number of aromatic nitrogens is 2. The fourth-order valence-corrected chi connectivity index (χ4v) is 6.41. The number of pyridine rings is 1. The minimum Gasteiger partial charge on any atom is -0.357 e. The van der Waals surface area contributed by atoms with Gasteiger partial charge >= 0.3 is 0 Å². The summed E-state index contributed by atoms with van der Waals surface area (Å²) in [5, 5.41) is 3.27. The predicted octanol–water partition coefficient (Wildman–Crippen LogP) is 6.02. The summed E-state index contributed by atoms with van der Waals surface area (Å²) in [6, 6.07) is 10.3. The second-order valence-corrected chi connectivity index (χ2v) is 10.9. The number of thiophene rings is 2. The lowest BCUT2D eigenvalue weighted by Gasteiger charge is -2.40. The molecule has 0 aliphatic carbocycles. The van der Waals surface area contributed by atoms with Crippen LogP contribution in [0.4, 0.5) is 0 Å². The minimum absolute atomic E-state index is 0.0680. The lowest BCUT2D eigenvalue weighted by atomic mass is 10.0. The Bertz CT molecular complexity index is 1200. The molecule has 5 nitrogen and oxygen atoms in total. The zero-order chi connectivity index (χ0) is 22.1. The van der Waals surface area contributed by atoms with Crippen LogP contribution in [0.25, 0.3) is 21.3 Å². The molecule has 1 amide bonds. The summed E-state index contributed by atoms with van der Waals surface area (Å²) in [6.07, 6.45) is 5.51. The number of fused-ring (bicyclic) bond motifs is 1. The van der Waals surface area contributed by atoms with Gasteiger partial charge in [0.05, 0.1) is 16.9 Å². The van der Waals surface area contributed by atoms with Crippen LogP contribution in [0.2, 0.25) is 4.34 Å². The number of rotatable bonds is 7. The molecule has 0 radical (unpaired) electrons. The van der Waals surface area contributed by atoms with Crippen LogP contribution in [0, 0.1) is 0 Å². The van der Waals surface area contributed by atoms with Crippen molar-refractivity contribution < 1.29 is 4.79 Å². The van der Waals surface area contributed by atoms with E-state index in [9.17, 15) is 4.79 Å². The summed E-state index contributed by atoms with van der Waals surface area (Å²) in [5.41, 5.74) is 3.33. The monoisotopic (exact) mass is 484 g/mol. The van der Waals surface area contributed by atoms with Crippen LogP contribution in [-0.4, -0.2) is 44.8 Å². The predicted molar refractivity (Wildman–Crippen MR) is 133 cm³/mol. The highest BCUT2D eigenvalue weighted by molar-refractivity contribution is 7.19. The molecule has 4 aromatic rings. The van der Waals surface area contributed by atoms with Crippen LogP contribution >= 0.6 is 34.3 Å². The molecule has 0 spiro atoms. The highest BCUT2D eigenvalue weighted by Gasteiger charge is 2.34. The fourth-order valence-electron chi connectivity index (χ4n) is 4.39. The summed E-state index contributed by atoms with van der Waals surface area (Å²) in [7, 11) is 0. The maximum Gasteiger partial charge on any atom is 0.240 e. The molecule has 1 atom stereocenters. The third-order valence-electron chi connectivity index (χ3n) is 5.97. The van der Waals surface area contributed by atoms with Crippen molar-refractivity contribution in [2.24, 2.45) is 0 Å². The largest absolute Gasteiger partial charge is 0.357 e. The van der Waals surface area contributed by atoms with E-state index in [1.165, 1.54) is 15.3 Å². The summed E-state index contributed by atoms with van der Waals surface area (Å²) in [5.74, 6) is 0.233. The van der Waals surface area contributed by atoms with Crippen molar-refractivity contribution in [3.05, 3.63) is 63.0 Å². The maximum atomic E-state index is 13.4. The Hall–Kier alpha value is -2.19. The number of carbonyl (C=O) groups excluding carboxylic acids is 1. The Morgan fingerprint density at radius 1 is 1.22 bits per heavy atom. The van der Waals surface area contributed by atoms with Gasteiger partial charge in [-0.3, -0.25) is 14.7 Å². The first-order chi connectivity index (χ1) is 15.6. The van der Waals surface area contributed by atoms with E-state index < -0.39 is 0 Å². The molecule has 0 saturated carbocycles. The Kier molecular flexibility index (Phi) is 6.33. The van der Waals surface area contributed by atoms with Gasteiger partial charge in [0, 0.05) is 63.9 Å². The molecule has 1 fully saturated rings. The van der Waals surface area contributed by atoms with E-state index in [0.29, 0.717) is 6.54 Å². The Morgan fingerprint density at radius 3 is 2.91 bits per heavy atom. The van der Waals surface area contributed by atoms with Crippen LogP contribution < -0.4 is 0 Å². The van der Waals surface area contributed by atoms with E-state index in [-0.39, 0.29) is 11.9 Å². The number of piperazine rings is 1. The number of hydrogen-bond acceptors (Lipinski definition) is 5. The zero-order valence-corrected chi connectivity index (χ0v) is 20.3. The first-order valence-electron chi connectivity index (χ1n) is 10.9. The molecule has 5 rings (SSSR count). The van der Waals surface area contributed by atoms with Crippen LogP contribution in [0.3, 0.4) is 0 Å². The summed E-state index contributed by atoms with van der Waals surface area (Å²) in [4.78, 5) is 27.9. The molecule has 1 N–H and O–H groups in total. The van der Waals surface area contributed by atoms with Crippen LogP contribution in [0.15, 0.2) is 48.1 Å². The number of amides is 1. The molecule has 5 heterocycles. The first-order valence-corrected chi connectivity index (χ1v) is 13.0. The van der Waals surface area contributed by atoms with Crippen LogP contribution in [0.5, 0.6) is 0 Å². The molecule has 8 heteroatoms. The smallest absolute Gasteiger partial charge is 0.240 e. The molecule has 0 bridgehead atoms. The fraction of sp³-hybridized carbons (Fsp3) is 0.333. The van der Waals surface area contributed by atoms with Gasteiger partial charge in [-0.15, -0.1) is 22.7 Å². The van der Waals surface area contributed by atoms with Gasteiger partial charge in [-0.2, -0.15) is 0 Å². The van der Waals surface area contributed by atoms with Gasteiger partial charge in [-0.25, -0.2) is 0 Å². The number of hydrogen-bond donors (Lipinski definition) is 1. The van der Waals surface area contributed by atoms with Crippen molar-refractivity contribution in [1.82, 2.24) is 19.8 Å². The first kappa shape index (κ1) is 21.6. The number of halogens is 1. The molecule has 4 aromatic heterocycles. The van der Waals surface area contributed by atoms with Crippen molar-refractivity contribution in [3.8, 4) is 10.4 Å². The van der Waals surface area contributed by atoms with E-state index in [1.807, 2.05) is 23.2 Å². The van der Waals surface area contributed by atoms with Gasteiger partial charge in [0.1, 0.15) is 0 Å². The third kappa shape index (κ3) is 4.48. The molecule has 32 heavy (non-hydrogen) atoms. The molecular formula is C24H25ClN4OS2. The molecule has 1 saturated heterocycles. The number of carbonyl (C=O) groups is 1. The molecule has 166 valence electrons. The van der Waals surface area contributed by atoms with Gasteiger partial charge in [0.15, 0.2) is 0 Å². The summed E-state index contributed by atoms with van der Waals surface area (Å²) in [6.45, 7) is 5.20. The molecule has 0 unspecified atom stereocenters. The molecule has 1 aliphatic rings. The SMILES string of the molecule is CCC[C@H]1C(=O)N(Cc2cc3cnccc3[nH]2)CCN1Cc1cc(-c2ccc(Cl)s2)cs1. The van der Waals surface area contributed by atoms with E-state index in [1.54, 1.807) is 28.9 Å². The number of H-pyrrole nitrogens is 1. The van der Waals surface area contributed by atoms with E-state index in [4.69, 9.17) is 11.6 Å². The highest BCUT2D eigenvalue weighted by Crippen LogP contribution is 2.34. The lowest BCUT2D eigenvalue weighted by molar-refractivity contribution is -0.143. The second-order valence-electron chi connectivity index (χ2n) is 8.20.